The van der Waals surface area contributed by atoms with Crippen LogP contribution in [0.3, 0.4) is 0 Å². The van der Waals surface area contributed by atoms with Crippen LogP contribution in [0.15, 0.2) is 48.5 Å². The van der Waals surface area contributed by atoms with E-state index in [2.05, 4.69) is 26.9 Å². The van der Waals surface area contributed by atoms with Crippen LogP contribution in [0.2, 0.25) is 0 Å². The summed E-state index contributed by atoms with van der Waals surface area (Å²) >= 11 is 0. The number of hydrogen-bond acceptors (Lipinski definition) is 6. The lowest BCUT2D eigenvalue weighted by Crippen LogP contribution is -2.20. The average molecular weight is 496 g/mol. The van der Waals surface area contributed by atoms with E-state index < -0.39 is 6.36 Å². The van der Waals surface area contributed by atoms with Gasteiger partial charge in [0.05, 0.1) is 0 Å². The molecule has 0 radical (unpaired) electrons. The lowest BCUT2D eigenvalue weighted by Gasteiger charge is -2.17. The SMILES string of the molecule is Cc1cccc(-c2nc3nc(C=O)nc(N[C@H](C)C4CC4)c3n2Cc2ccc(OC(F)(F)F)cc2)c1. The molecule has 7 nitrogen and oxygen atoms in total. The van der Waals surface area contributed by atoms with E-state index in [-0.39, 0.29) is 17.6 Å². The molecule has 0 spiro atoms. The van der Waals surface area contributed by atoms with E-state index in [1.54, 1.807) is 12.1 Å². The summed E-state index contributed by atoms with van der Waals surface area (Å²) in [6.45, 7) is 4.35. The summed E-state index contributed by atoms with van der Waals surface area (Å²) in [5.74, 6) is 1.39. The number of benzene rings is 2. The molecule has 2 aromatic carbocycles. The molecule has 0 unspecified atom stereocenters. The molecule has 2 heterocycles. The van der Waals surface area contributed by atoms with Crippen LogP contribution in [0.4, 0.5) is 19.0 Å². The minimum absolute atomic E-state index is 0.0297. The Morgan fingerprint density at radius 2 is 1.89 bits per heavy atom. The normalized spacial score (nSPS) is 14.6. The summed E-state index contributed by atoms with van der Waals surface area (Å²) in [6.07, 6.45) is -1.91. The van der Waals surface area contributed by atoms with Crippen LogP contribution in [-0.4, -0.2) is 38.2 Å². The Labute approximate surface area is 205 Å². The number of carbonyl (C=O) groups excluding carboxylic acids is 1. The third-order valence-electron chi connectivity index (χ3n) is 6.19. The van der Waals surface area contributed by atoms with E-state index in [1.807, 2.05) is 35.8 Å². The van der Waals surface area contributed by atoms with Crippen molar-refractivity contribution in [2.75, 3.05) is 5.32 Å². The minimum Gasteiger partial charge on any atom is -0.406 e. The van der Waals surface area contributed by atoms with Crippen LogP contribution in [0.5, 0.6) is 5.75 Å². The van der Waals surface area contributed by atoms with Crippen LogP contribution in [-0.2, 0) is 6.54 Å². The summed E-state index contributed by atoms with van der Waals surface area (Å²) in [7, 11) is 0. The van der Waals surface area contributed by atoms with Crippen LogP contribution in [0.25, 0.3) is 22.6 Å². The molecule has 0 bridgehead atoms. The van der Waals surface area contributed by atoms with Gasteiger partial charge in [-0.15, -0.1) is 13.2 Å². The molecule has 0 aliphatic heterocycles. The van der Waals surface area contributed by atoms with Crippen molar-refractivity contribution in [3.63, 3.8) is 0 Å². The number of carbonyl (C=O) groups is 1. The number of hydrogen-bond donors (Lipinski definition) is 1. The van der Waals surface area contributed by atoms with Crippen molar-refractivity contribution in [2.24, 2.45) is 5.92 Å². The highest BCUT2D eigenvalue weighted by Crippen LogP contribution is 2.36. The van der Waals surface area contributed by atoms with E-state index in [9.17, 15) is 18.0 Å². The second-order valence-electron chi connectivity index (χ2n) is 9.07. The van der Waals surface area contributed by atoms with Gasteiger partial charge in [-0.3, -0.25) is 4.79 Å². The zero-order valence-electron chi connectivity index (χ0n) is 19.7. The highest BCUT2D eigenvalue weighted by atomic mass is 19.4. The van der Waals surface area contributed by atoms with Crippen LogP contribution >= 0.6 is 0 Å². The Morgan fingerprint density at radius 1 is 1.14 bits per heavy atom. The number of imidazole rings is 1. The number of nitrogens with zero attached hydrogens (tertiary/aromatic N) is 4. The largest absolute Gasteiger partial charge is 0.573 e. The van der Waals surface area contributed by atoms with Crippen LogP contribution in [0, 0.1) is 12.8 Å². The predicted octanol–water partition coefficient (Wildman–Crippen LogP) is 5.77. The molecule has 1 fully saturated rings. The Hall–Kier alpha value is -3.95. The maximum atomic E-state index is 12.6. The van der Waals surface area contributed by atoms with Crippen molar-refractivity contribution < 1.29 is 22.7 Å². The first-order valence-electron chi connectivity index (χ1n) is 11.6. The first kappa shape index (κ1) is 23.8. The number of aryl methyl sites for hydroxylation is 1. The summed E-state index contributed by atoms with van der Waals surface area (Å²) in [5.41, 5.74) is 3.61. The highest BCUT2D eigenvalue weighted by Gasteiger charge is 2.31. The number of anilines is 1. The van der Waals surface area contributed by atoms with Crippen molar-refractivity contribution in [3.05, 3.63) is 65.5 Å². The number of ether oxygens (including phenoxy) is 1. The molecule has 5 rings (SSSR count). The molecule has 1 aliphatic carbocycles. The van der Waals surface area contributed by atoms with Gasteiger partial charge in [-0.1, -0.05) is 35.9 Å². The molecule has 2 aromatic heterocycles. The molecule has 1 saturated carbocycles. The molecular weight excluding hydrogens is 471 g/mol. The van der Waals surface area contributed by atoms with E-state index in [4.69, 9.17) is 4.98 Å². The van der Waals surface area contributed by atoms with Crippen molar-refractivity contribution >= 4 is 23.3 Å². The van der Waals surface area contributed by atoms with Crippen LogP contribution in [0.1, 0.15) is 41.5 Å². The fourth-order valence-corrected chi connectivity index (χ4v) is 4.27. The molecule has 0 saturated heterocycles. The van der Waals surface area contributed by atoms with Gasteiger partial charge in [0.2, 0.25) is 0 Å². The molecule has 4 aromatic rings. The second-order valence-corrected chi connectivity index (χ2v) is 9.07. The zero-order chi connectivity index (χ0) is 25.4. The van der Waals surface area contributed by atoms with Crippen molar-refractivity contribution in [3.8, 4) is 17.1 Å². The van der Waals surface area contributed by atoms with Crippen molar-refractivity contribution in [2.45, 2.75) is 45.6 Å². The molecule has 10 heteroatoms. The first-order valence-corrected chi connectivity index (χ1v) is 11.6. The summed E-state index contributed by atoms with van der Waals surface area (Å²) in [5, 5.41) is 3.44. The molecule has 1 aliphatic rings. The number of nitrogens with one attached hydrogen (secondary N) is 1. The highest BCUT2D eigenvalue weighted by molar-refractivity contribution is 5.89. The standard InChI is InChI=1S/C26H24F3N5O2/c1-15-4-3-5-19(12-15)25-33-24-22(23(31-21(14-35)32-24)30-16(2)18-8-9-18)34(25)13-17-6-10-20(11-7-17)36-26(27,28)29/h3-7,10-12,14,16,18H,8-9,13H2,1-2H3,(H,30,31,32)/t16-/m1/s1. The smallest absolute Gasteiger partial charge is 0.406 e. The van der Waals surface area contributed by atoms with Gasteiger partial charge < -0.3 is 14.6 Å². The first-order chi connectivity index (χ1) is 17.2. The van der Waals surface area contributed by atoms with E-state index in [0.29, 0.717) is 41.6 Å². The van der Waals surface area contributed by atoms with Gasteiger partial charge in [-0.05, 0) is 56.4 Å². The van der Waals surface area contributed by atoms with Gasteiger partial charge in [-0.2, -0.15) is 0 Å². The average Bonchev–Trinajstić information content (AvgIpc) is 3.62. The number of alkyl halides is 3. The third-order valence-corrected chi connectivity index (χ3v) is 6.19. The number of fused-ring (bicyclic) bond motifs is 1. The monoisotopic (exact) mass is 495 g/mol. The van der Waals surface area contributed by atoms with E-state index >= 15 is 0 Å². The third kappa shape index (κ3) is 5.17. The lowest BCUT2D eigenvalue weighted by atomic mass is 10.1. The van der Waals surface area contributed by atoms with Crippen molar-refractivity contribution in [1.29, 1.82) is 0 Å². The number of halogens is 3. The number of aromatic nitrogens is 4. The van der Waals surface area contributed by atoms with Gasteiger partial charge in [0.25, 0.3) is 0 Å². The second kappa shape index (κ2) is 9.25. The maximum Gasteiger partial charge on any atom is 0.573 e. The summed E-state index contributed by atoms with van der Waals surface area (Å²) in [4.78, 5) is 25.2. The maximum absolute atomic E-state index is 12.6. The minimum atomic E-state index is -4.76. The van der Waals surface area contributed by atoms with Gasteiger partial charge in [0, 0.05) is 18.2 Å². The van der Waals surface area contributed by atoms with Crippen molar-refractivity contribution in [1.82, 2.24) is 19.5 Å². The lowest BCUT2D eigenvalue weighted by molar-refractivity contribution is -0.274. The van der Waals surface area contributed by atoms with E-state index in [1.165, 1.54) is 12.1 Å². The Kier molecular flexibility index (Phi) is 6.11. The van der Waals surface area contributed by atoms with Gasteiger partial charge in [0.15, 0.2) is 23.6 Å². The Morgan fingerprint density at radius 3 is 2.53 bits per heavy atom. The fourth-order valence-electron chi connectivity index (χ4n) is 4.27. The summed E-state index contributed by atoms with van der Waals surface area (Å²) in [6, 6.07) is 13.7. The number of aldehydes is 1. The van der Waals surface area contributed by atoms with Gasteiger partial charge in [0.1, 0.15) is 17.1 Å². The molecule has 1 atom stereocenters. The summed E-state index contributed by atoms with van der Waals surface area (Å²) < 4.78 is 43.7. The molecule has 1 N–H and O–H groups in total. The number of rotatable bonds is 8. The van der Waals surface area contributed by atoms with Crippen LogP contribution < -0.4 is 10.1 Å². The fraction of sp³-hybridized carbons (Fsp3) is 0.308. The quantitative estimate of drug-likeness (QED) is 0.313. The van der Waals surface area contributed by atoms with E-state index in [0.717, 1.165) is 29.5 Å². The Bertz CT molecular complexity index is 1410. The Balaban J connectivity index is 1.63. The van der Waals surface area contributed by atoms with Gasteiger partial charge >= 0.3 is 6.36 Å². The predicted molar refractivity (Wildman–Crippen MR) is 129 cm³/mol. The topological polar surface area (TPSA) is 81.9 Å². The zero-order valence-corrected chi connectivity index (χ0v) is 19.7. The van der Waals surface area contributed by atoms with Gasteiger partial charge in [-0.25, -0.2) is 15.0 Å². The molecular formula is C26H24F3N5O2. The molecule has 186 valence electrons. The molecule has 36 heavy (non-hydrogen) atoms. The molecule has 0 amide bonds.